The lowest BCUT2D eigenvalue weighted by Crippen LogP contribution is -2.45. The van der Waals surface area contributed by atoms with Crippen LogP contribution in [0.2, 0.25) is 0 Å². The van der Waals surface area contributed by atoms with Crippen LogP contribution in [0.4, 0.5) is 0 Å². The van der Waals surface area contributed by atoms with Crippen LogP contribution in [0.1, 0.15) is 71.1 Å². The van der Waals surface area contributed by atoms with Crippen LogP contribution in [0.25, 0.3) is 0 Å². The van der Waals surface area contributed by atoms with E-state index in [1.165, 1.54) is 64.2 Å². The normalized spacial score (nSPS) is 24.1. The van der Waals surface area contributed by atoms with Crippen molar-refractivity contribution in [1.29, 1.82) is 0 Å². The van der Waals surface area contributed by atoms with Crippen molar-refractivity contribution in [3.8, 4) is 0 Å². The first-order chi connectivity index (χ1) is 9.75. The minimum absolute atomic E-state index is 0.202. The molecule has 2 saturated carbocycles. The lowest BCUT2D eigenvalue weighted by molar-refractivity contribution is 0.0821. The molecule has 0 spiro atoms. The molecule has 20 heavy (non-hydrogen) atoms. The molecule has 0 heterocycles. The lowest BCUT2D eigenvalue weighted by Gasteiger charge is -2.35. The summed E-state index contributed by atoms with van der Waals surface area (Å²) in [7, 11) is 0. The van der Waals surface area contributed by atoms with Gasteiger partial charge < -0.3 is 10.4 Å². The molecule has 1 unspecified atom stereocenters. The molecule has 2 fully saturated rings. The van der Waals surface area contributed by atoms with Crippen molar-refractivity contribution in [1.82, 2.24) is 10.2 Å². The fraction of sp³-hybridized carbons (Fsp3) is 1.00. The Morgan fingerprint density at radius 2 is 1.60 bits per heavy atom. The van der Waals surface area contributed by atoms with Crippen molar-refractivity contribution >= 4 is 0 Å². The third-order valence-corrected chi connectivity index (χ3v) is 5.03. The first kappa shape index (κ1) is 16.3. The van der Waals surface area contributed by atoms with E-state index in [0.29, 0.717) is 6.04 Å². The molecule has 0 aromatic rings. The molecule has 2 N–H and O–H groups in total. The van der Waals surface area contributed by atoms with Gasteiger partial charge in [0, 0.05) is 31.7 Å². The van der Waals surface area contributed by atoms with Gasteiger partial charge in [0.05, 0.1) is 6.10 Å². The van der Waals surface area contributed by atoms with Gasteiger partial charge in [-0.3, -0.25) is 4.90 Å². The molecular weight excluding hydrogens is 248 g/mol. The number of hydrogen-bond acceptors (Lipinski definition) is 3. The fourth-order valence-corrected chi connectivity index (χ4v) is 3.93. The molecule has 118 valence electrons. The second-order valence-corrected chi connectivity index (χ2v) is 6.92. The maximum absolute atomic E-state index is 9.74. The maximum Gasteiger partial charge on any atom is 0.0639 e. The first-order valence-corrected chi connectivity index (χ1v) is 8.91. The molecule has 2 aliphatic rings. The van der Waals surface area contributed by atoms with Gasteiger partial charge in [-0.15, -0.1) is 0 Å². The van der Waals surface area contributed by atoms with Gasteiger partial charge in [0.15, 0.2) is 0 Å². The number of hydrogen-bond donors (Lipinski definition) is 2. The van der Waals surface area contributed by atoms with Gasteiger partial charge in [0.2, 0.25) is 0 Å². The summed E-state index contributed by atoms with van der Waals surface area (Å²) in [4.78, 5) is 2.54. The number of nitrogens with zero attached hydrogens (tertiary/aromatic N) is 1. The highest BCUT2D eigenvalue weighted by Gasteiger charge is 2.22. The fourth-order valence-electron chi connectivity index (χ4n) is 3.93. The average molecular weight is 282 g/mol. The van der Waals surface area contributed by atoms with Crippen LogP contribution in [0.5, 0.6) is 0 Å². The van der Waals surface area contributed by atoms with Gasteiger partial charge >= 0.3 is 0 Å². The van der Waals surface area contributed by atoms with Gasteiger partial charge in [0.1, 0.15) is 0 Å². The minimum atomic E-state index is -0.202. The molecule has 3 nitrogen and oxygen atoms in total. The third kappa shape index (κ3) is 5.71. The van der Waals surface area contributed by atoms with Crippen molar-refractivity contribution in [3.63, 3.8) is 0 Å². The van der Waals surface area contributed by atoms with E-state index in [9.17, 15) is 5.11 Å². The van der Waals surface area contributed by atoms with Gasteiger partial charge in [-0.25, -0.2) is 0 Å². The summed E-state index contributed by atoms with van der Waals surface area (Å²) in [6, 6.07) is 1.47. The van der Waals surface area contributed by atoms with E-state index in [2.05, 4.69) is 10.2 Å². The van der Waals surface area contributed by atoms with Crippen molar-refractivity contribution < 1.29 is 5.11 Å². The Bertz CT molecular complexity index is 245. The predicted octanol–water partition coefficient (Wildman–Crippen LogP) is 2.92. The van der Waals surface area contributed by atoms with E-state index in [-0.39, 0.29) is 6.10 Å². The SMILES string of the molecule is CC(O)CN(CCNC1CCCCC1)C1CCCCC1. The van der Waals surface area contributed by atoms with E-state index in [0.717, 1.165) is 25.7 Å². The number of rotatable bonds is 7. The molecule has 0 bridgehead atoms. The Balaban J connectivity index is 1.71. The lowest BCUT2D eigenvalue weighted by atomic mass is 9.93. The quantitative estimate of drug-likeness (QED) is 0.753. The molecule has 0 aromatic carbocycles. The summed E-state index contributed by atoms with van der Waals surface area (Å²) in [5.74, 6) is 0. The zero-order valence-electron chi connectivity index (χ0n) is 13.3. The minimum Gasteiger partial charge on any atom is -0.392 e. The number of aliphatic hydroxyl groups excluding tert-OH is 1. The molecule has 0 saturated heterocycles. The van der Waals surface area contributed by atoms with Crippen LogP contribution in [0, 0.1) is 0 Å². The summed E-state index contributed by atoms with van der Waals surface area (Å²) < 4.78 is 0. The topological polar surface area (TPSA) is 35.5 Å². The monoisotopic (exact) mass is 282 g/mol. The van der Waals surface area contributed by atoms with E-state index >= 15 is 0 Å². The summed E-state index contributed by atoms with van der Waals surface area (Å²) in [5, 5.41) is 13.5. The third-order valence-electron chi connectivity index (χ3n) is 5.03. The molecule has 0 amide bonds. The standard InChI is InChI=1S/C17H34N2O/c1-15(20)14-19(17-10-6-3-7-11-17)13-12-18-16-8-4-2-5-9-16/h15-18,20H,2-14H2,1H3. The highest BCUT2D eigenvalue weighted by atomic mass is 16.3. The van der Waals surface area contributed by atoms with Gasteiger partial charge in [-0.05, 0) is 32.6 Å². The Labute approximate surface area is 125 Å². The highest BCUT2D eigenvalue weighted by Crippen LogP contribution is 2.22. The van der Waals surface area contributed by atoms with Crippen LogP contribution < -0.4 is 5.32 Å². The largest absolute Gasteiger partial charge is 0.392 e. The van der Waals surface area contributed by atoms with Crippen molar-refractivity contribution in [2.45, 2.75) is 89.3 Å². The predicted molar refractivity (Wildman–Crippen MR) is 85.0 cm³/mol. The highest BCUT2D eigenvalue weighted by molar-refractivity contribution is 4.79. The molecule has 1 atom stereocenters. The second-order valence-electron chi connectivity index (χ2n) is 6.92. The van der Waals surface area contributed by atoms with Crippen molar-refractivity contribution in [3.05, 3.63) is 0 Å². The molecule has 0 aliphatic heterocycles. The van der Waals surface area contributed by atoms with Crippen LogP contribution in [0.3, 0.4) is 0 Å². The van der Waals surface area contributed by atoms with Gasteiger partial charge in [-0.1, -0.05) is 38.5 Å². The summed E-state index contributed by atoms with van der Waals surface area (Å²) in [5.41, 5.74) is 0. The van der Waals surface area contributed by atoms with E-state index in [1.807, 2.05) is 6.92 Å². The summed E-state index contributed by atoms with van der Waals surface area (Å²) in [6.45, 7) is 4.96. The molecule has 0 aromatic heterocycles. The van der Waals surface area contributed by atoms with Crippen LogP contribution in [-0.2, 0) is 0 Å². The van der Waals surface area contributed by atoms with Crippen LogP contribution >= 0.6 is 0 Å². The molecule has 2 rings (SSSR count). The summed E-state index contributed by atoms with van der Waals surface area (Å²) >= 11 is 0. The zero-order valence-corrected chi connectivity index (χ0v) is 13.3. The van der Waals surface area contributed by atoms with Crippen molar-refractivity contribution in [2.24, 2.45) is 0 Å². The van der Waals surface area contributed by atoms with E-state index in [1.54, 1.807) is 0 Å². The van der Waals surface area contributed by atoms with Crippen LogP contribution in [-0.4, -0.2) is 47.8 Å². The van der Waals surface area contributed by atoms with E-state index in [4.69, 9.17) is 0 Å². The Morgan fingerprint density at radius 1 is 1.00 bits per heavy atom. The van der Waals surface area contributed by atoms with Crippen molar-refractivity contribution in [2.75, 3.05) is 19.6 Å². The van der Waals surface area contributed by atoms with Gasteiger partial charge in [0.25, 0.3) is 0 Å². The van der Waals surface area contributed by atoms with Gasteiger partial charge in [-0.2, -0.15) is 0 Å². The molecular formula is C17H34N2O. The van der Waals surface area contributed by atoms with E-state index < -0.39 is 0 Å². The summed E-state index contributed by atoms with van der Waals surface area (Å²) in [6.07, 6.45) is 13.6. The molecule has 3 heteroatoms. The second kappa shape index (κ2) is 9.01. The Kier molecular flexibility index (Phi) is 7.32. The average Bonchev–Trinajstić information content (AvgIpc) is 2.48. The smallest absolute Gasteiger partial charge is 0.0639 e. The number of aliphatic hydroxyl groups is 1. The molecule has 0 radical (unpaired) electrons. The number of nitrogens with one attached hydrogen (secondary N) is 1. The maximum atomic E-state index is 9.74. The Morgan fingerprint density at radius 3 is 2.20 bits per heavy atom. The molecule has 2 aliphatic carbocycles. The van der Waals surface area contributed by atoms with Crippen LogP contribution in [0.15, 0.2) is 0 Å². The first-order valence-electron chi connectivity index (χ1n) is 8.91. The zero-order chi connectivity index (χ0) is 14.2. The Hall–Kier alpha value is -0.120.